The number of hydrazine groups is 1. The van der Waals surface area contributed by atoms with Gasteiger partial charge in [0.1, 0.15) is 5.54 Å². The van der Waals surface area contributed by atoms with Crippen molar-refractivity contribution in [3.8, 4) is 0 Å². The molecule has 0 unspecified atom stereocenters. The van der Waals surface area contributed by atoms with E-state index in [1.807, 2.05) is 36.4 Å². The maximum Gasteiger partial charge on any atom is 0.344 e. The van der Waals surface area contributed by atoms with Crippen molar-refractivity contribution in [3.63, 3.8) is 0 Å². The van der Waals surface area contributed by atoms with E-state index in [1.165, 1.54) is 11.8 Å². The lowest BCUT2D eigenvalue weighted by atomic mass is 9.77. The summed E-state index contributed by atoms with van der Waals surface area (Å²) in [5, 5.41) is 6.14. The van der Waals surface area contributed by atoms with Crippen molar-refractivity contribution in [1.82, 2.24) is 15.8 Å². The number of amides is 4. The van der Waals surface area contributed by atoms with Gasteiger partial charge < -0.3 is 5.32 Å². The summed E-state index contributed by atoms with van der Waals surface area (Å²) in [4.78, 5) is 38.5. The first-order chi connectivity index (χ1) is 13.9. The number of hydrogen-bond acceptors (Lipinski definition) is 4. The minimum atomic E-state index is -0.868. The van der Waals surface area contributed by atoms with Gasteiger partial charge in [0.25, 0.3) is 5.91 Å². The van der Waals surface area contributed by atoms with Crippen LogP contribution in [0, 0.1) is 5.92 Å². The quantitative estimate of drug-likeness (QED) is 0.563. The molecular formula is C21H22ClN3O3S. The number of imide groups is 1. The van der Waals surface area contributed by atoms with Gasteiger partial charge in [0.2, 0.25) is 5.91 Å². The van der Waals surface area contributed by atoms with Crippen LogP contribution in [-0.4, -0.2) is 34.1 Å². The number of halogens is 1. The molecule has 0 radical (unpaired) electrons. The van der Waals surface area contributed by atoms with Crippen LogP contribution in [-0.2, 0) is 9.59 Å². The average Bonchev–Trinajstić information content (AvgIpc) is 2.93. The highest BCUT2D eigenvalue weighted by atomic mass is 35.5. The van der Waals surface area contributed by atoms with Gasteiger partial charge in [-0.15, -0.1) is 11.8 Å². The Morgan fingerprint density at radius 1 is 1.24 bits per heavy atom. The molecule has 2 aliphatic rings. The van der Waals surface area contributed by atoms with E-state index >= 15 is 0 Å². The number of carbonyl (C=O) groups excluding carboxylic acids is 3. The van der Waals surface area contributed by atoms with Gasteiger partial charge in [-0.2, -0.15) is 5.01 Å². The normalized spacial score (nSPS) is 24.2. The molecular weight excluding hydrogens is 410 g/mol. The molecule has 2 aromatic rings. The zero-order valence-electron chi connectivity index (χ0n) is 16.0. The number of nitrogens with zero attached hydrogens (tertiary/aromatic N) is 1. The van der Waals surface area contributed by atoms with Crippen molar-refractivity contribution in [2.24, 2.45) is 5.92 Å². The molecule has 0 aromatic heterocycles. The highest BCUT2D eigenvalue weighted by Gasteiger charge is 2.52. The molecule has 4 amide bonds. The fourth-order valence-electron chi connectivity index (χ4n) is 4.00. The fourth-order valence-corrected chi connectivity index (χ4v) is 5.24. The molecule has 0 atom stereocenters. The number of thioether (sulfide) groups is 1. The molecule has 1 aliphatic heterocycles. The van der Waals surface area contributed by atoms with E-state index in [2.05, 4.69) is 17.7 Å². The summed E-state index contributed by atoms with van der Waals surface area (Å²) in [7, 11) is 0. The summed E-state index contributed by atoms with van der Waals surface area (Å²) in [6.07, 6.45) is 2.97. The standard InChI is InChI=1S/C21H22ClN3O3S/c1-13-8-10-21(11-9-13)19(27)25(20(28)23-21)24-17(26)12-29-16-7-3-5-14-4-2-6-15(22)18(14)16/h2-7,13H,8-12H2,1H3,(H,23,28)(H,24,26). The van der Waals surface area contributed by atoms with Gasteiger partial charge in [-0.05, 0) is 49.1 Å². The summed E-state index contributed by atoms with van der Waals surface area (Å²) < 4.78 is 0. The second kappa shape index (κ2) is 7.88. The van der Waals surface area contributed by atoms with E-state index < -0.39 is 17.5 Å². The largest absolute Gasteiger partial charge is 0.344 e. The van der Waals surface area contributed by atoms with E-state index in [4.69, 9.17) is 11.6 Å². The summed E-state index contributed by atoms with van der Waals surface area (Å²) in [5.41, 5.74) is 1.61. The van der Waals surface area contributed by atoms with E-state index in [-0.39, 0.29) is 11.7 Å². The molecule has 2 fully saturated rings. The van der Waals surface area contributed by atoms with Crippen molar-refractivity contribution < 1.29 is 14.4 Å². The summed E-state index contributed by atoms with van der Waals surface area (Å²) >= 11 is 7.65. The first-order valence-corrected chi connectivity index (χ1v) is 11.0. The SMILES string of the molecule is CC1CCC2(CC1)NC(=O)N(NC(=O)CSc1cccc3cccc(Cl)c13)C2=O. The third-order valence-corrected chi connectivity index (χ3v) is 7.07. The number of fused-ring (bicyclic) bond motifs is 1. The Hall–Kier alpha value is -2.25. The van der Waals surface area contributed by atoms with E-state index in [9.17, 15) is 14.4 Å². The molecule has 1 heterocycles. The van der Waals surface area contributed by atoms with Crippen LogP contribution < -0.4 is 10.7 Å². The Morgan fingerprint density at radius 3 is 2.66 bits per heavy atom. The maximum atomic E-state index is 12.8. The lowest BCUT2D eigenvalue weighted by Crippen LogP contribution is -2.51. The van der Waals surface area contributed by atoms with Crippen LogP contribution in [0.4, 0.5) is 4.79 Å². The van der Waals surface area contributed by atoms with Crippen molar-refractivity contribution in [3.05, 3.63) is 41.4 Å². The number of carbonyl (C=O) groups is 3. The average molecular weight is 432 g/mol. The molecule has 6 nitrogen and oxygen atoms in total. The van der Waals surface area contributed by atoms with Gasteiger partial charge in [0, 0.05) is 15.3 Å². The first kappa shape index (κ1) is 20.0. The monoisotopic (exact) mass is 431 g/mol. The molecule has 1 saturated carbocycles. The molecule has 152 valence electrons. The molecule has 1 saturated heterocycles. The minimum Gasteiger partial charge on any atom is -0.322 e. The topological polar surface area (TPSA) is 78.5 Å². The highest BCUT2D eigenvalue weighted by molar-refractivity contribution is 8.00. The molecule has 4 rings (SSSR count). The Kier molecular flexibility index (Phi) is 5.44. The number of rotatable bonds is 4. The Labute approximate surface area is 178 Å². The van der Waals surface area contributed by atoms with Crippen molar-refractivity contribution in [2.45, 2.75) is 43.0 Å². The van der Waals surface area contributed by atoms with Crippen LogP contribution in [0.15, 0.2) is 41.3 Å². The second-order valence-corrected chi connectivity index (χ2v) is 9.18. The number of urea groups is 1. The van der Waals surface area contributed by atoms with Gasteiger partial charge >= 0.3 is 6.03 Å². The number of benzene rings is 2. The van der Waals surface area contributed by atoms with E-state index in [1.54, 1.807) is 0 Å². The van der Waals surface area contributed by atoms with Crippen LogP contribution in [0.3, 0.4) is 0 Å². The van der Waals surface area contributed by atoms with Gasteiger partial charge in [0.05, 0.1) is 5.75 Å². The Bertz CT molecular complexity index is 983. The Morgan fingerprint density at radius 2 is 1.93 bits per heavy atom. The highest BCUT2D eigenvalue weighted by Crippen LogP contribution is 2.36. The lowest BCUT2D eigenvalue weighted by molar-refractivity contribution is -0.139. The molecule has 29 heavy (non-hydrogen) atoms. The predicted molar refractivity (Wildman–Crippen MR) is 114 cm³/mol. The zero-order chi connectivity index (χ0) is 20.6. The van der Waals surface area contributed by atoms with E-state index in [0.29, 0.717) is 23.8 Å². The van der Waals surface area contributed by atoms with Crippen LogP contribution >= 0.6 is 23.4 Å². The zero-order valence-corrected chi connectivity index (χ0v) is 17.6. The van der Waals surface area contributed by atoms with E-state index in [0.717, 1.165) is 33.5 Å². The molecule has 2 N–H and O–H groups in total. The molecule has 1 spiro atoms. The minimum absolute atomic E-state index is 0.0609. The lowest BCUT2D eigenvalue weighted by Gasteiger charge is -2.33. The third kappa shape index (κ3) is 3.81. The summed E-state index contributed by atoms with van der Waals surface area (Å²) in [5.74, 6) is -0.173. The van der Waals surface area contributed by atoms with Gasteiger partial charge in [0.15, 0.2) is 0 Å². The number of nitrogens with one attached hydrogen (secondary N) is 2. The predicted octanol–water partition coefficient (Wildman–Crippen LogP) is 4.12. The summed E-state index contributed by atoms with van der Waals surface area (Å²) in [6.45, 7) is 2.14. The van der Waals surface area contributed by atoms with Crippen LogP contribution in [0.25, 0.3) is 10.8 Å². The van der Waals surface area contributed by atoms with Crippen molar-refractivity contribution >= 4 is 52.0 Å². The van der Waals surface area contributed by atoms with Gasteiger partial charge in [-0.1, -0.05) is 42.8 Å². The fraction of sp³-hybridized carbons (Fsp3) is 0.381. The first-order valence-electron chi connectivity index (χ1n) is 9.66. The van der Waals surface area contributed by atoms with Crippen LogP contribution in [0.5, 0.6) is 0 Å². The van der Waals surface area contributed by atoms with Crippen molar-refractivity contribution in [1.29, 1.82) is 0 Å². The molecule has 1 aliphatic carbocycles. The summed E-state index contributed by atoms with van der Waals surface area (Å²) in [6, 6.07) is 10.9. The smallest absolute Gasteiger partial charge is 0.322 e. The van der Waals surface area contributed by atoms with Gasteiger partial charge in [-0.3, -0.25) is 15.0 Å². The Balaban J connectivity index is 1.42. The van der Waals surface area contributed by atoms with Crippen LogP contribution in [0.1, 0.15) is 32.6 Å². The van der Waals surface area contributed by atoms with Crippen molar-refractivity contribution in [2.75, 3.05) is 5.75 Å². The molecule has 0 bridgehead atoms. The van der Waals surface area contributed by atoms with Gasteiger partial charge in [-0.25, -0.2) is 4.79 Å². The molecule has 2 aromatic carbocycles. The number of hydrogen-bond donors (Lipinski definition) is 2. The third-order valence-electron chi connectivity index (χ3n) is 5.70. The molecule has 8 heteroatoms. The van der Waals surface area contributed by atoms with Crippen LogP contribution in [0.2, 0.25) is 5.02 Å². The maximum absolute atomic E-state index is 12.8. The second-order valence-electron chi connectivity index (χ2n) is 7.75.